The highest BCUT2D eigenvalue weighted by atomic mass is 16.2. The van der Waals surface area contributed by atoms with E-state index in [0.717, 1.165) is 32.5 Å². The summed E-state index contributed by atoms with van der Waals surface area (Å²) < 4.78 is 1.70. The maximum Gasteiger partial charge on any atom is 0.276 e. The number of nitrogens with two attached hydrogens (primary N) is 1. The molecule has 1 aliphatic rings. The average Bonchev–Trinajstić information content (AvgIpc) is 2.94. The minimum absolute atomic E-state index is 0.0225. The Morgan fingerprint density at radius 3 is 2.88 bits per heavy atom. The summed E-state index contributed by atoms with van der Waals surface area (Å²) in [7, 11) is 0. The summed E-state index contributed by atoms with van der Waals surface area (Å²) >= 11 is 0. The van der Waals surface area contributed by atoms with E-state index < -0.39 is 0 Å². The molecule has 1 amide bonds. The van der Waals surface area contributed by atoms with Crippen LogP contribution in [0.15, 0.2) is 6.20 Å². The standard InChI is InChI=1S/C12H20N4O/c1-3-9-5-6-15(7-9)12(17)11-10(13)8-16(4-2)14-11/h8-9H,3-7,13H2,1-2H3. The maximum absolute atomic E-state index is 12.2. The van der Waals surface area contributed by atoms with Crippen molar-refractivity contribution in [2.75, 3.05) is 18.8 Å². The Morgan fingerprint density at radius 1 is 1.59 bits per heavy atom. The summed E-state index contributed by atoms with van der Waals surface area (Å²) in [6.45, 7) is 6.54. The van der Waals surface area contributed by atoms with Crippen molar-refractivity contribution in [2.24, 2.45) is 5.92 Å². The van der Waals surface area contributed by atoms with E-state index in [-0.39, 0.29) is 5.91 Å². The Kier molecular flexibility index (Phi) is 3.36. The van der Waals surface area contributed by atoms with Gasteiger partial charge in [-0.25, -0.2) is 0 Å². The van der Waals surface area contributed by atoms with Crippen LogP contribution < -0.4 is 5.73 Å². The van der Waals surface area contributed by atoms with Crippen LogP contribution in [0.2, 0.25) is 0 Å². The minimum atomic E-state index is -0.0225. The van der Waals surface area contributed by atoms with Crippen molar-refractivity contribution in [3.8, 4) is 0 Å². The predicted octanol–water partition coefficient (Wildman–Crippen LogP) is 1.36. The van der Waals surface area contributed by atoms with Gasteiger partial charge in [0.2, 0.25) is 0 Å². The van der Waals surface area contributed by atoms with Crippen LogP contribution in [-0.2, 0) is 6.54 Å². The fourth-order valence-electron chi connectivity index (χ4n) is 2.27. The van der Waals surface area contributed by atoms with Crippen LogP contribution in [0.1, 0.15) is 37.2 Å². The molecule has 2 rings (SSSR count). The van der Waals surface area contributed by atoms with Crippen molar-refractivity contribution < 1.29 is 4.79 Å². The van der Waals surface area contributed by atoms with Crippen LogP contribution in [0.3, 0.4) is 0 Å². The molecule has 0 spiro atoms. The Bertz CT molecular complexity index is 413. The first-order valence-corrected chi connectivity index (χ1v) is 6.27. The van der Waals surface area contributed by atoms with Crippen LogP contribution in [-0.4, -0.2) is 33.7 Å². The molecule has 1 aliphatic heterocycles. The van der Waals surface area contributed by atoms with Gasteiger partial charge >= 0.3 is 0 Å². The van der Waals surface area contributed by atoms with E-state index in [0.29, 0.717) is 17.3 Å². The van der Waals surface area contributed by atoms with E-state index in [4.69, 9.17) is 5.73 Å². The monoisotopic (exact) mass is 236 g/mol. The normalized spacial score (nSPS) is 19.9. The summed E-state index contributed by atoms with van der Waals surface area (Å²) in [5.74, 6) is 0.610. The largest absolute Gasteiger partial charge is 0.396 e. The molecule has 0 bridgehead atoms. The Hall–Kier alpha value is -1.52. The molecule has 5 nitrogen and oxygen atoms in total. The lowest BCUT2D eigenvalue weighted by molar-refractivity contribution is 0.0781. The van der Waals surface area contributed by atoms with Gasteiger partial charge in [0, 0.05) is 25.8 Å². The van der Waals surface area contributed by atoms with E-state index in [2.05, 4.69) is 12.0 Å². The summed E-state index contributed by atoms with van der Waals surface area (Å²) in [5, 5.41) is 4.22. The molecule has 2 N–H and O–H groups in total. The third-order valence-corrected chi connectivity index (χ3v) is 3.47. The van der Waals surface area contributed by atoms with E-state index in [1.807, 2.05) is 11.8 Å². The molecule has 1 atom stereocenters. The van der Waals surface area contributed by atoms with Gasteiger partial charge in [-0.1, -0.05) is 13.3 Å². The molecule has 1 saturated heterocycles. The van der Waals surface area contributed by atoms with E-state index in [1.165, 1.54) is 0 Å². The van der Waals surface area contributed by atoms with Crippen molar-refractivity contribution in [3.05, 3.63) is 11.9 Å². The third kappa shape index (κ3) is 2.28. The van der Waals surface area contributed by atoms with Crippen LogP contribution in [0.4, 0.5) is 5.69 Å². The van der Waals surface area contributed by atoms with Gasteiger partial charge in [0.25, 0.3) is 5.91 Å². The first-order valence-electron chi connectivity index (χ1n) is 6.27. The van der Waals surface area contributed by atoms with Gasteiger partial charge < -0.3 is 10.6 Å². The number of likely N-dealkylation sites (tertiary alicyclic amines) is 1. The first kappa shape index (κ1) is 12.0. The van der Waals surface area contributed by atoms with Crippen molar-refractivity contribution in [3.63, 3.8) is 0 Å². The first-order chi connectivity index (χ1) is 8.15. The second-order valence-corrected chi connectivity index (χ2v) is 4.60. The van der Waals surface area contributed by atoms with E-state index >= 15 is 0 Å². The Labute approximate surface area is 102 Å². The quantitative estimate of drug-likeness (QED) is 0.861. The molecule has 1 aromatic heterocycles. The molecule has 1 fully saturated rings. The number of amides is 1. The zero-order valence-electron chi connectivity index (χ0n) is 10.5. The SMILES string of the molecule is CCC1CCN(C(=O)c2nn(CC)cc2N)C1. The number of nitrogen functional groups attached to an aromatic ring is 1. The number of carbonyl (C=O) groups excluding carboxylic acids is 1. The van der Waals surface area contributed by atoms with Gasteiger partial charge in [-0.15, -0.1) is 0 Å². The van der Waals surface area contributed by atoms with Gasteiger partial charge in [-0.2, -0.15) is 5.10 Å². The molecule has 94 valence electrons. The predicted molar refractivity (Wildman–Crippen MR) is 66.6 cm³/mol. The summed E-state index contributed by atoms with van der Waals surface area (Å²) in [5.41, 5.74) is 6.71. The Balaban J connectivity index is 2.11. The Morgan fingerprint density at radius 2 is 2.35 bits per heavy atom. The molecule has 17 heavy (non-hydrogen) atoms. The van der Waals surface area contributed by atoms with Crippen molar-refractivity contribution >= 4 is 11.6 Å². The molecule has 5 heteroatoms. The van der Waals surface area contributed by atoms with Gasteiger partial charge in [-0.3, -0.25) is 9.48 Å². The fourth-order valence-corrected chi connectivity index (χ4v) is 2.27. The van der Waals surface area contributed by atoms with E-state index in [9.17, 15) is 4.79 Å². The zero-order chi connectivity index (χ0) is 12.4. The lowest BCUT2D eigenvalue weighted by atomic mass is 10.1. The van der Waals surface area contributed by atoms with Crippen LogP contribution in [0.25, 0.3) is 0 Å². The van der Waals surface area contributed by atoms with Crippen molar-refractivity contribution in [1.29, 1.82) is 0 Å². The summed E-state index contributed by atoms with van der Waals surface area (Å²) in [6, 6.07) is 0. The maximum atomic E-state index is 12.2. The molecule has 0 aliphatic carbocycles. The topological polar surface area (TPSA) is 64.2 Å². The zero-order valence-corrected chi connectivity index (χ0v) is 10.5. The summed E-state index contributed by atoms with van der Waals surface area (Å²) in [6.07, 6.45) is 3.94. The van der Waals surface area contributed by atoms with Crippen LogP contribution in [0, 0.1) is 5.92 Å². The minimum Gasteiger partial charge on any atom is -0.396 e. The highest BCUT2D eigenvalue weighted by Gasteiger charge is 2.28. The second kappa shape index (κ2) is 4.77. The lowest BCUT2D eigenvalue weighted by Crippen LogP contribution is -2.29. The van der Waals surface area contributed by atoms with Gasteiger partial charge in [0.1, 0.15) is 0 Å². The molecule has 1 aromatic rings. The smallest absolute Gasteiger partial charge is 0.276 e. The number of carbonyl (C=O) groups is 1. The lowest BCUT2D eigenvalue weighted by Gasteiger charge is -2.14. The number of aryl methyl sites for hydroxylation is 1. The third-order valence-electron chi connectivity index (χ3n) is 3.47. The van der Waals surface area contributed by atoms with Crippen LogP contribution >= 0.6 is 0 Å². The number of hydrogen-bond donors (Lipinski definition) is 1. The molecule has 0 aromatic carbocycles. The van der Waals surface area contributed by atoms with E-state index in [1.54, 1.807) is 10.9 Å². The molecule has 1 unspecified atom stereocenters. The molecular formula is C12H20N4O. The number of anilines is 1. The number of nitrogens with zero attached hydrogens (tertiary/aromatic N) is 3. The number of aromatic nitrogens is 2. The average molecular weight is 236 g/mol. The second-order valence-electron chi connectivity index (χ2n) is 4.60. The fraction of sp³-hybridized carbons (Fsp3) is 0.667. The molecule has 0 radical (unpaired) electrons. The number of rotatable bonds is 3. The number of hydrogen-bond acceptors (Lipinski definition) is 3. The highest BCUT2D eigenvalue weighted by Crippen LogP contribution is 2.22. The van der Waals surface area contributed by atoms with Gasteiger partial charge in [0.05, 0.1) is 5.69 Å². The highest BCUT2D eigenvalue weighted by molar-refractivity contribution is 5.97. The van der Waals surface area contributed by atoms with Crippen LogP contribution in [0.5, 0.6) is 0 Å². The van der Waals surface area contributed by atoms with Gasteiger partial charge in [0.15, 0.2) is 5.69 Å². The molecule has 2 heterocycles. The van der Waals surface area contributed by atoms with Crippen molar-refractivity contribution in [1.82, 2.24) is 14.7 Å². The summed E-state index contributed by atoms with van der Waals surface area (Å²) in [4.78, 5) is 14.1. The molecule has 0 saturated carbocycles. The molecular weight excluding hydrogens is 216 g/mol. The van der Waals surface area contributed by atoms with Crippen molar-refractivity contribution in [2.45, 2.75) is 33.2 Å². The van der Waals surface area contributed by atoms with Gasteiger partial charge in [-0.05, 0) is 19.3 Å².